The van der Waals surface area contributed by atoms with Gasteiger partial charge in [-0.25, -0.2) is 4.39 Å². The third-order valence-corrected chi connectivity index (χ3v) is 6.66. The van der Waals surface area contributed by atoms with Crippen molar-refractivity contribution >= 4 is 24.8 Å². The first-order valence-electron chi connectivity index (χ1n) is 10.8. The van der Waals surface area contributed by atoms with Crippen LogP contribution in [0.3, 0.4) is 0 Å². The van der Waals surface area contributed by atoms with Crippen molar-refractivity contribution in [1.82, 2.24) is 15.1 Å². The van der Waals surface area contributed by atoms with Gasteiger partial charge in [-0.15, -0.1) is 0 Å². The van der Waals surface area contributed by atoms with Crippen molar-refractivity contribution in [2.75, 3.05) is 6.54 Å². The number of carbonyl (C=O) groups excluding carboxylic acids is 3. The van der Waals surface area contributed by atoms with Gasteiger partial charge in [-0.2, -0.15) is 0 Å². The molecule has 10 heteroatoms. The fourth-order valence-electron chi connectivity index (χ4n) is 4.97. The second-order valence-electron chi connectivity index (χ2n) is 8.66. The highest BCUT2D eigenvalue weighted by Crippen LogP contribution is 2.30. The van der Waals surface area contributed by atoms with E-state index in [2.05, 4.69) is 18.3 Å². The van der Waals surface area contributed by atoms with E-state index in [-0.39, 0.29) is 37.6 Å². The molecule has 3 aliphatic heterocycles. The van der Waals surface area contributed by atoms with Crippen LogP contribution in [0.15, 0.2) is 18.2 Å². The zero-order valence-corrected chi connectivity index (χ0v) is 17.5. The Morgan fingerprint density at radius 3 is 2.74 bits per heavy atom. The van der Waals surface area contributed by atoms with E-state index >= 15 is 0 Å². The molecule has 1 aromatic carbocycles. The van der Waals surface area contributed by atoms with Crippen LogP contribution in [0.5, 0.6) is 0 Å². The number of hydrogen-bond donors (Lipinski definition) is 3. The third-order valence-electron chi connectivity index (χ3n) is 6.66. The summed E-state index contributed by atoms with van der Waals surface area (Å²) in [5, 5.41) is 21.5. The first kappa shape index (κ1) is 21.8. The van der Waals surface area contributed by atoms with E-state index in [9.17, 15) is 28.8 Å². The van der Waals surface area contributed by atoms with Gasteiger partial charge in [-0.1, -0.05) is 25.1 Å². The number of nitrogens with one attached hydrogen (secondary N) is 1. The summed E-state index contributed by atoms with van der Waals surface area (Å²) < 4.78 is 13.7. The minimum absolute atomic E-state index is 0.00283. The van der Waals surface area contributed by atoms with Crippen LogP contribution in [0.4, 0.5) is 4.39 Å². The monoisotopic (exact) mass is 431 g/mol. The van der Waals surface area contributed by atoms with Gasteiger partial charge in [-0.3, -0.25) is 14.4 Å². The fourth-order valence-corrected chi connectivity index (χ4v) is 4.97. The van der Waals surface area contributed by atoms with Crippen molar-refractivity contribution in [3.63, 3.8) is 0 Å². The average molecular weight is 431 g/mol. The van der Waals surface area contributed by atoms with E-state index in [4.69, 9.17) is 0 Å². The van der Waals surface area contributed by atoms with Gasteiger partial charge in [0.05, 0.1) is 12.5 Å². The van der Waals surface area contributed by atoms with Crippen LogP contribution in [-0.4, -0.2) is 69.4 Å². The van der Waals surface area contributed by atoms with Gasteiger partial charge in [0.2, 0.25) is 17.7 Å². The van der Waals surface area contributed by atoms with Gasteiger partial charge < -0.3 is 25.2 Å². The largest absolute Gasteiger partial charge is 0.475 e. The quantitative estimate of drug-likeness (QED) is 0.566. The Morgan fingerprint density at radius 1 is 1.26 bits per heavy atom. The van der Waals surface area contributed by atoms with Crippen LogP contribution in [0.2, 0.25) is 0 Å². The number of hydrogen-bond acceptors (Lipinski definition) is 5. The standard InChI is InChI=1S/C21H27BFN3O5/c1-2-12-4-3-5-13-9-25(11-16(12)13)19(27)7-14-6-17(24-20(14)28)21(29)26-10-15(23)8-18(26)22(30)31/h3-5,14-15,17-18,30-31H,2,6-11H2,1H3,(H,24,28)/t14-,15?,17-,18-/m0/s1. The molecular weight excluding hydrogens is 404 g/mol. The number of alkyl halides is 1. The van der Waals surface area contributed by atoms with Crippen LogP contribution in [0.25, 0.3) is 0 Å². The number of likely N-dealkylation sites (tertiary alicyclic amines) is 1. The number of nitrogens with zero attached hydrogens (tertiary/aromatic N) is 2. The van der Waals surface area contributed by atoms with Crippen LogP contribution in [-0.2, 0) is 33.9 Å². The molecule has 0 bridgehead atoms. The zero-order chi connectivity index (χ0) is 22.3. The second-order valence-corrected chi connectivity index (χ2v) is 8.66. The van der Waals surface area contributed by atoms with Crippen molar-refractivity contribution in [1.29, 1.82) is 0 Å². The Hall–Kier alpha value is -2.46. The molecule has 0 aliphatic carbocycles. The van der Waals surface area contributed by atoms with E-state index in [0.717, 1.165) is 16.9 Å². The summed E-state index contributed by atoms with van der Waals surface area (Å²) in [4.78, 5) is 40.9. The lowest BCUT2D eigenvalue weighted by atomic mass is 9.77. The van der Waals surface area contributed by atoms with Crippen molar-refractivity contribution in [2.24, 2.45) is 5.92 Å². The Balaban J connectivity index is 1.37. The first-order chi connectivity index (χ1) is 14.8. The van der Waals surface area contributed by atoms with E-state index in [1.54, 1.807) is 4.90 Å². The summed E-state index contributed by atoms with van der Waals surface area (Å²) in [6.45, 7) is 2.88. The molecule has 4 atom stereocenters. The van der Waals surface area contributed by atoms with E-state index in [1.165, 1.54) is 11.1 Å². The van der Waals surface area contributed by atoms with E-state index in [1.807, 2.05) is 12.1 Å². The summed E-state index contributed by atoms with van der Waals surface area (Å²) in [6, 6.07) is 5.17. The number of fused-ring (bicyclic) bond motifs is 1. The number of halogens is 1. The molecule has 0 aromatic heterocycles. The third kappa shape index (κ3) is 4.18. The molecule has 8 nitrogen and oxygen atoms in total. The minimum Gasteiger partial charge on any atom is -0.426 e. The highest BCUT2D eigenvalue weighted by Gasteiger charge is 2.47. The lowest BCUT2D eigenvalue weighted by molar-refractivity contribution is -0.135. The maximum absolute atomic E-state index is 13.7. The summed E-state index contributed by atoms with van der Waals surface area (Å²) in [5.74, 6) is -2.73. The SMILES string of the molecule is CCc1cccc2c1CN(C(=O)C[C@@H]1C[C@@H](C(=O)N3CC(F)C[C@H]3B(O)O)NC1=O)C2. The summed E-state index contributed by atoms with van der Waals surface area (Å²) >= 11 is 0. The predicted molar refractivity (Wildman–Crippen MR) is 110 cm³/mol. The first-order valence-corrected chi connectivity index (χ1v) is 10.8. The molecule has 2 saturated heterocycles. The van der Waals surface area contributed by atoms with Crippen molar-refractivity contribution in [3.8, 4) is 0 Å². The molecule has 2 fully saturated rings. The molecule has 3 amide bonds. The van der Waals surface area contributed by atoms with Gasteiger partial charge in [0.15, 0.2) is 0 Å². The zero-order valence-electron chi connectivity index (χ0n) is 17.5. The Labute approximate surface area is 180 Å². The Morgan fingerprint density at radius 2 is 2.03 bits per heavy atom. The number of carbonyl (C=O) groups is 3. The topological polar surface area (TPSA) is 110 Å². The van der Waals surface area contributed by atoms with Gasteiger partial charge >= 0.3 is 7.12 Å². The number of rotatable bonds is 5. The maximum Gasteiger partial charge on any atom is 0.475 e. The van der Waals surface area contributed by atoms with Crippen LogP contribution >= 0.6 is 0 Å². The molecule has 0 spiro atoms. The fraction of sp³-hybridized carbons (Fsp3) is 0.571. The molecule has 3 heterocycles. The predicted octanol–water partition coefficient (Wildman–Crippen LogP) is -0.0630. The lowest BCUT2D eigenvalue weighted by Crippen LogP contribution is -2.51. The molecule has 31 heavy (non-hydrogen) atoms. The molecular formula is C21H27BFN3O5. The second kappa shape index (κ2) is 8.59. The molecule has 0 radical (unpaired) electrons. The number of amides is 3. The lowest BCUT2D eigenvalue weighted by Gasteiger charge is -2.26. The molecule has 166 valence electrons. The summed E-state index contributed by atoms with van der Waals surface area (Å²) in [7, 11) is -1.84. The van der Waals surface area contributed by atoms with E-state index < -0.39 is 37.1 Å². The normalized spacial score (nSPS) is 27.4. The van der Waals surface area contributed by atoms with E-state index in [0.29, 0.717) is 13.1 Å². The van der Waals surface area contributed by atoms with Crippen molar-refractivity contribution in [2.45, 2.75) is 63.9 Å². The molecule has 1 aromatic rings. The van der Waals surface area contributed by atoms with Crippen molar-refractivity contribution in [3.05, 3.63) is 34.9 Å². The van der Waals surface area contributed by atoms with Crippen LogP contribution in [0.1, 0.15) is 42.9 Å². The highest BCUT2D eigenvalue weighted by molar-refractivity contribution is 6.43. The average Bonchev–Trinajstić information content (AvgIpc) is 3.44. The van der Waals surface area contributed by atoms with Crippen molar-refractivity contribution < 1.29 is 28.8 Å². The van der Waals surface area contributed by atoms with Gasteiger partial charge in [-0.05, 0) is 36.0 Å². The maximum atomic E-state index is 13.7. The van der Waals surface area contributed by atoms with Crippen LogP contribution in [0, 0.1) is 5.92 Å². The summed E-state index contributed by atoms with van der Waals surface area (Å²) in [5.41, 5.74) is 3.51. The highest BCUT2D eigenvalue weighted by atomic mass is 19.1. The van der Waals surface area contributed by atoms with Gasteiger partial charge in [0, 0.05) is 25.4 Å². The number of aryl methyl sites for hydroxylation is 1. The van der Waals surface area contributed by atoms with Gasteiger partial charge in [0.25, 0.3) is 0 Å². The Bertz CT molecular complexity index is 898. The molecule has 3 aliphatic rings. The smallest absolute Gasteiger partial charge is 0.426 e. The number of benzene rings is 1. The van der Waals surface area contributed by atoms with Gasteiger partial charge in [0.1, 0.15) is 12.2 Å². The molecule has 1 unspecified atom stereocenters. The van der Waals surface area contributed by atoms with Crippen LogP contribution < -0.4 is 5.32 Å². The molecule has 4 rings (SSSR count). The minimum atomic E-state index is -1.84. The molecule has 3 N–H and O–H groups in total. The Kier molecular flexibility index (Phi) is 6.03. The summed E-state index contributed by atoms with van der Waals surface area (Å²) in [6.07, 6.45) is -0.467. The molecule has 0 saturated carbocycles.